The molecule has 0 aliphatic rings. The van der Waals surface area contributed by atoms with Crippen LogP contribution in [0.5, 0.6) is 0 Å². The van der Waals surface area contributed by atoms with Crippen molar-refractivity contribution in [2.24, 2.45) is 0 Å². The van der Waals surface area contributed by atoms with E-state index >= 15 is 0 Å². The van der Waals surface area contributed by atoms with Gasteiger partial charge in [-0.2, -0.15) is 0 Å². The molecule has 0 aliphatic heterocycles. The highest BCUT2D eigenvalue weighted by Crippen LogP contribution is 2.31. The van der Waals surface area contributed by atoms with Crippen molar-refractivity contribution >= 4 is 44.1 Å². The molecule has 0 saturated heterocycles. The van der Waals surface area contributed by atoms with Crippen LogP contribution < -0.4 is 5.32 Å². The number of esters is 1. The van der Waals surface area contributed by atoms with Gasteiger partial charge in [-0.3, -0.25) is 0 Å². The monoisotopic (exact) mass is 354 g/mol. The van der Waals surface area contributed by atoms with E-state index < -0.39 is 0 Å². The van der Waals surface area contributed by atoms with Crippen LogP contribution in [0.15, 0.2) is 22.7 Å². The molecular formula is C14H15BrN2O2S. The number of hydrogen-bond donors (Lipinski definition) is 1. The molecule has 2 aromatic rings. The van der Waals surface area contributed by atoms with Gasteiger partial charge in [-0.25, -0.2) is 9.78 Å². The van der Waals surface area contributed by atoms with E-state index in [-0.39, 0.29) is 5.97 Å². The number of nitrogens with zero attached hydrogens (tertiary/aromatic N) is 1. The molecule has 1 N–H and O–H groups in total. The average molecular weight is 355 g/mol. The fourth-order valence-corrected chi connectivity index (χ4v) is 2.87. The Balaban J connectivity index is 2.25. The number of ether oxygens (including phenoxy) is 1. The highest BCUT2D eigenvalue weighted by molar-refractivity contribution is 9.10. The van der Waals surface area contributed by atoms with Crippen LogP contribution >= 0.6 is 27.3 Å². The molecule has 0 unspecified atom stereocenters. The molecule has 1 aromatic carbocycles. The Hall–Kier alpha value is -1.40. The van der Waals surface area contributed by atoms with Crippen LogP contribution in [0, 0.1) is 13.8 Å². The van der Waals surface area contributed by atoms with E-state index in [4.69, 9.17) is 4.74 Å². The maximum absolute atomic E-state index is 11.7. The predicted octanol–water partition coefficient (Wildman–Crippen LogP) is 4.44. The second-order valence-corrected chi connectivity index (χ2v) is 6.20. The summed E-state index contributed by atoms with van der Waals surface area (Å²) in [5, 5.41) is 3.90. The smallest absolute Gasteiger partial charge is 0.358 e. The summed E-state index contributed by atoms with van der Waals surface area (Å²) in [6.45, 7) is 6.01. The molecule has 0 saturated carbocycles. The van der Waals surface area contributed by atoms with Gasteiger partial charge < -0.3 is 10.1 Å². The van der Waals surface area contributed by atoms with Crippen molar-refractivity contribution in [1.82, 2.24) is 4.98 Å². The first-order valence-electron chi connectivity index (χ1n) is 6.19. The van der Waals surface area contributed by atoms with Crippen LogP contribution in [0.3, 0.4) is 0 Å². The standard InChI is InChI=1S/C14H15BrN2O2S/c1-4-19-13(18)12-9(3)20-14(17-12)16-10-7-5-6-8(2)11(10)15/h5-7H,4H2,1-3H3,(H,16,17). The minimum atomic E-state index is -0.377. The summed E-state index contributed by atoms with van der Waals surface area (Å²) in [7, 11) is 0. The zero-order valence-electron chi connectivity index (χ0n) is 11.5. The lowest BCUT2D eigenvalue weighted by Gasteiger charge is -2.07. The molecule has 0 radical (unpaired) electrons. The second kappa shape index (κ2) is 6.37. The lowest BCUT2D eigenvalue weighted by molar-refractivity contribution is 0.0519. The summed E-state index contributed by atoms with van der Waals surface area (Å²) in [4.78, 5) is 16.9. The van der Waals surface area contributed by atoms with E-state index in [1.165, 1.54) is 11.3 Å². The van der Waals surface area contributed by atoms with Crippen molar-refractivity contribution in [2.75, 3.05) is 11.9 Å². The molecule has 4 nitrogen and oxygen atoms in total. The van der Waals surface area contributed by atoms with Gasteiger partial charge in [0.25, 0.3) is 0 Å². The molecule has 1 aromatic heterocycles. The van der Waals surface area contributed by atoms with E-state index in [0.717, 1.165) is 20.6 Å². The quantitative estimate of drug-likeness (QED) is 0.824. The van der Waals surface area contributed by atoms with Gasteiger partial charge in [0.05, 0.1) is 12.3 Å². The van der Waals surface area contributed by atoms with Crippen LogP contribution in [-0.4, -0.2) is 17.6 Å². The Labute approximate surface area is 130 Å². The van der Waals surface area contributed by atoms with Gasteiger partial charge >= 0.3 is 5.97 Å². The molecule has 0 bridgehead atoms. The first-order valence-corrected chi connectivity index (χ1v) is 7.80. The number of hydrogen-bond acceptors (Lipinski definition) is 5. The molecule has 0 amide bonds. The fraction of sp³-hybridized carbons (Fsp3) is 0.286. The molecular weight excluding hydrogens is 340 g/mol. The van der Waals surface area contributed by atoms with E-state index in [0.29, 0.717) is 17.4 Å². The summed E-state index contributed by atoms with van der Waals surface area (Å²) < 4.78 is 5.97. The van der Waals surface area contributed by atoms with Crippen molar-refractivity contribution in [2.45, 2.75) is 20.8 Å². The van der Waals surface area contributed by atoms with Crippen molar-refractivity contribution in [3.8, 4) is 0 Å². The number of rotatable bonds is 4. The van der Waals surface area contributed by atoms with Crippen LogP contribution in [0.2, 0.25) is 0 Å². The normalized spacial score (nSPS) is 10.4. The van der Waals surface area contributed by atoms with E-state index in [2.05, 4.69) is 26.2 Å². The van der Waals surface area contributed by atoms with Crippen LogP contribution in [0.25, 0.3) is 0 Å². The van der Waals surface area contributed by atoms with Gasteiger partial charge in [-0.15, -0.1) is 11.3 Å². The van der Waals surface area contributed by atoms with Crippen LogP contribution in [0.4, 0.5) is 10.8 Å². The number of carbonyl (C=O) groups is 1. The Morgan fingerprint density at radius 1 is 1.45 bits per heavy atom. The largest absolute Gasteiger partial charge is 0.461 e. The highest BCUT2D eigenvalue weighted by Gasteiger charge is 2.17. The number of aromatic nitrogens is 1. The topological polar surface area (TPSA) is 51.2 Å². The predicted molar refractivity (Wildman–Crippen MR) is 85.0 cm³/mol. The molecule has 2 rings (SSSR count). The van der Waals surface area contributed by atoms with Crippen LogP contribution in [0.1, 0.15) is 27.9 Å². The summed E-state index contributed by atoms with van der Waals surface area (Å²) in [5.41, 5.74) is 2.44. The number of anilines is 2. The number of benzene rings is 1. The number of thiazole rings is 1. The van der Waals surface area contributed by atoms with Gasteiger partial charge in [-0.1, -0.05) is 12.1 Å². The van der Waals surface area contributed by atoms with E-state index in [1.807, 2.05) is 32.0 Å². The third-order valence-electron chi connectivity index (χ3n) is 2.70. The molecule has 0 atom stereocenters. The zero-order valence-corrected chi connectivity index (χ0v) is 13.9. The van der Waals surface area contributed by atoms with Crippen molar-refractivity contribution in [1.29, 1.82) is 0 Å². The number of nitrogens with one attached hydrogen (secondary N) is 1. The minimum Gasteiger partial charge on any atom is -0.461 e. The minimum absolute atomic E-state index is 0.349. The molecule has 0 spiro atoms. The molecule has 20 heavy (non-hydrogen) atoms. The number of aryl methyl sites for hydroxylation is 2. The maximum Gasteiger partial charge on any atom is 0.358 e. The molecule has 106 valence electrons. The van der Waals surface area contributed by atoms with Gasteiger partial charge in [0.1, 0.15) is 0 Å². The Kier molecular flexibility index (Phi) is 4.77. The first-order chi connectivity index (χ1) is 9.52. The average Bonchev–Trinajstić information content (AvgIpc) is 2.76. The van der Waals surface area contributed by atoms with Gasteiger partial charge in [-0.05, 0) is 48.3 Å². The third-order valence-corrected chi connectivity index (χ3v) is 4.64. The van der Waals surface area contributed by atoms with Crippen molar-refractivity contribution in [3.05, 3.63) is 38.8 Å². The summed E-state index contributed by atoms with van der Waals surface area (Å²) >= 11 is 4.97. The Morgan fingerprint density at radius 3 is 2.90 bits per heavy atom. The SMILES string of the molecule is CCOC(=O)c1nc(Nc2cccc(C)c2Br)sc1C. The maximum atomic E-state index is 11.7. The summed E-state index contributed by atoms with van der Waals surface area (Å²) in [6.07, 6.45) is 0. The first kappa shape index (κ1) is 15.0. The van der Waals surface area contributed by atoms with Crippen LogP contribution in [-0.2, 0) is 4.74 Å². The van der Waals surface area contributed by atoms with Crippen molar-refractivity contribution in [3.63, 3.8) is 0 Å². The number of halogens is 1. The van der Waals surface area contributed by atoms with Gasteiger partial charge in [0.2, 0.25) is 0 Å². The Bertz CT molecular complexity index is 640. The second-order valence-electron chi connectivity index (χ2n) is 4.21. The fourth-order valence-electron chi connectivity index (χ4n) is 1.70. The summed E-state index contributed by atoms with van der Waals surface area (Å²) in [5.74, 6) is -0.377. The molecule has 1 heterocycles. The zero-order chi connectivity index (χ0) is 14.7. The van der Waals surface area contributed by atoms with Crippen molar-refractivity contribution < 1.29 is 9.53 Å². The van der Waals surface area contributed by atoms with E-state index in [1.54, 1.807) is 6.92 Å². The van der Waals surface area contributed by atoms with E-state index in [9.17, 15) is 4.79 Å². The third kappa shape index (κ3) is 3.19. The molecule has 6 heteroatoms. The lowest BCUT2D eigenvalue weighted by Crippen LogP contribution is -2.06. The summed E-state index contributed by atoms with van der Waals surface area (Å²) in [6, 6.07) is 5.94. The highest BCUT2D eigenvalue weighted by atomic mass is 79.9. The molecule has 0 aliphatic carbocycles. The van der Waals surface area contributed by atoms with Gasteiger partial charge in [0, 0.05) is 9.35 Å². The number of carbonyl (C=O) groups excluding carboxylic acids is 1. The van der Waals surface area contributed by atoms with Gasteiger partial charge in [0.15, 0.2) is 10.8 Å². The molecule has 0 fully saturated rings. The Morgan fingerprint density at radius 2 is 2.20 bits per heavy atom. The lowest BCUT2D eigenvalue weighted by atomic mass is 10.2.